The van der Waals surface area contributed by atoms with E-state index in [0.29, 0.717) is 5.69 Å². The van der Waals surface area contributed by atoms with Crippen LogP contribution in [0, 0.1) is 5.82 Å². The maximum Gasteiger partial charge on any atom is 0.197 e. The van der Waals surface area contributed by atoms with Gasteiger partial charge in [0.2, 0.25) is 0 Å². The molecule has 0 bridgehead atoms. The van der Waals surface area contributed by atoms with Gasteiger partial charge in [-0.1, -0.05) is 47.5 Å². The second-order valence-electron chi connectivity index (χ2n) is 3.83. The minimum Gasteiger partial charge on any atom is -0.244 e. The molecule has 0 saturated heterocycles. The van der Waals surface area contributed by atoms with E-state index in [1.54, 1.807) is 6.07 Å². The Morgan fingerprint density at radius 1 is 0.842 bits per heavy atom. The number of hydrogen-bond acceptors (Lipinski definition) is 3. The molecular weight excluding hydrogens is 288 g/mol. The molecule has 3 aromatic rings. The van der Waals surface area contributed by atoms with Crippen molar-refractivity contribution < 1.29 is 4.39 Å². The molecular formula is C13H6Cl2FN3. The average molecular weight is 294 g/mol. The second kappa shape index (κ2) is 4.72. The van der Waals surface area contributed by atoms with E-state index >= 15 is 0 Å². The fraction of sp³-hybridized carbons (Fsp3) is 0. The van der Waals surface area contributed by atoms with E-state index in [1.807, 2.05) is 30.3 Å². The summed E-state index contributed by atoms with van der Waals surface area (Å²) in [5.41, 5.74) is 1.28. The van der Waals surface area contributed by atoms with Crippen molar-refractivity contribution in [3.63, 3.8) is 0 Å². The zero-order valence-corrected chi connectivity index (χ0v) is 11.0. The lowest BCUT2D eigenvalue weighted by molar-refractivity contribution is 0.615. The number of rotatable bonds is 1. The lowest BCUT2D eigenvalue weighted by Crippen LogP contribution is -1.96. The molecule has 0 N–H and O–H groups in total. The smallest absolute Gasteiger partial charge is 0.197 e. The molecule has 0 aliphatic carbocycles. The number of aromatic nitrogens is 3. The molecule has 3 nitrogen and oxygen atoms in total. The third-order valence-corrected chi connectivity index (χ3v) is 3.10. The van der Waals surface area contributed by atoms with Gasteiger partial charge in [0.15, 0.2) is 21.9 Å². The Morgan fingerprint density at radius 3 is 2.26 bits per heavy atom. The molecule has 2 heterocycles. The van der Waals surface area contributed by atoms with Gasteiger partial charge in [-0.15, -0.1) is 0 Å². The largest absolute Gasteiger partial charge is 0.244 e. The fourth-order valence-electron chi connectivity index (χ4n) is 1.70. The highest BCUT2D eigenvalue weighted by molar-refractivity contribution is 6.33. The van der Waals surface area contributed by atoms with Crippen LogP contribution in [-0.4, -0.2) is 15.0 Å². The first-order valence-electron chi connectivity index (χ1n) is 5.40. The Balaban J connectivity index is 2.19. The van der Waals surface area contributed by atoms with Crippen LogP contribution in [0.5, 0.6) is 0 Å². The molecule has 6 heteroatoms. The molecule has 1 aromatic carbocycles. The first kappa shape index (κ1) is 12.3. The summed E-state index contributed by atoms with van der Waals surface area (Å²) >= 11 is 11.3. The summed E-state index contributed by atoms with van der Waals surface area (Å²) in [5.74, 6) is -0.630. The molecule has 0 amide bonds. The molecule has 0 spiro atoms. The van der Waals surface area contributed by atoms with Gasteiger partial charge in [-0.05, 0) is 12.1 Å². The molecule has 0 unspecified atom stereocenters. The summed E-state index contributed by atoms with van der Waals surface area (Å²) in [6.45, 7) is 0. The summed E-state index contributed by atoms with van der Waals surface area (Å²) in [7, 11) is 0. The zero-order chi connectivity index (χ0) is 13.4. The molecule has 0 atom stereocenters. The molecule has 94 valence electrons. The van der Waals surface area contributed by atoms with Crippen molar-refractivity contribution in [2.75, 3.05) is 0 Å². The van der Waals surface area contributed by atoms with Crippen molar-refractivity contribution in [3.05, 3.63) is 52.5 Å². The summed E-state index contributed by atoms with van der Waals surface area (Å²) in [6, 6.07) is 11.2. The lowest BCUT2D eigenvalue weighted by Gasteiger charge is -2.03. The number of pyridine rings is 1. The van der Waals surface area contributed by atoms with Crippen LogP contribution >= 0.6 is 23.2 Å². The number of halogens is 3. The number of nitrogens with zero attached hydrogens (tertiary/aromatic N) is 3. The summed E-state index contributed by atoms with van der Waals surface area (Å²) < 4.78 is 13.3. The highest BCUT2D eigenvalue weighted by Gasteiger charge is 2.13. The zero-order valence-electron chi connectivity index (χ0n) is 9.44. The Morgan fingerprint density at radius 2 is 1.53 bits per heavy atom. The van der Waals surface area contributed by atoms with E-state index in [1.165, 1.54) is 0 Å². The Kier molecular flexibility index (Phi) is 3.05. The van der Waals surface area contributed by atoms with Crippen LogP contribution in [0.2, 0.25) is 10.3 Å². The Hall–Kier alpha value is -1.78. The highest BCUT2D eigenvalue weighted by atomic mass is 35.5. The maximum absolute atomic E-state index is 13.3. The van der Waals surface area contributed by atoms with Crippen LogP contribution in [0.15, 0.2) is 36.4 Å². The second-order valence-corrected chi connectivity index (χ2v) is 4.55. The third-order valence-electron chi connectivity index (χ3n) is 2.60. The number of hydrogen-bond donors (Lipinski definition) is 0. The molecule has 0 aliphatic rings. The van der Waals surface area contributed by atoms with Gasteiger partial charge < -0.3 is 0 Å². The maximum atomic E-state index is 13.3. The van der Waals surface area contributed by atoms with Crippen molar-refractivity contribution in [2.45, 2.75) is 0 Å². The molecule has 0 aliphatic heterocycles. The first-order valence-corrected chi connectivity index (χ1v) is 6.15. The van der Waals surface area contributed by atoms with E-state index in [9.17, 15) is 4.39 Å². The molecule has 0 saturated carbocycles. The topological polar surface area (TPSA) is 38.7 Å². The fourth-order valence-corrected chi connectivity index (χ4v) is 2.09. The van der Waals surface area contributed by atoms with Crippen molar-refractivity contribution in [2.24, 2.45) is 0 Å². The van der Waals surface area contributed by atoms with Gasteiger partial charge in [0.1, 0.15) is 5.69 Å². The van der Waals surface area contributed by atoms with Crippen molar-refractivity contribution in [3.8, 4) is 11.5 Å². The van der Waals surface area contributed by atoms with E-state index in [4.69, 9.17) is 23.2 Å². The first-order chi connectivity index (χ1) is 9.15. The van der Waals surface area contributed by atoms with Crippen LogP contribution in [0.4, 0.5) is 4.39 Å². The van der Waals surface area contributed by atoms with Crippen molar-refractivity contribution >= 4 is 34.1 Å². The van der Waals surface area contributed by atoms with E-state index in [2.05, 4.69) is 15.0 Å². The van der Waals surface area contributed by atoms with Gasteiger partial charge in [0, 0.05) is 5.39 Å². The van der Waals surface area contributed by atoms with Gasteiger partial charge >= 0.3 is 0 Å². The van der Waals surface area contributed by atoms with Crippen LogP contribution in [0.25, 0.3) is 22.4 Å². The van der Waals surface area contributed by atoms with Crippen molar-refractivity contribution in [1.82, 2.24) is 15.0 Å². The number of fused-ring (bicyclic) bond motifs is 1. The summed E-state index contributed by atoms with van der Waals surface area (Å²) in [4.78, 5) is 12.1. The normalized spacial score (nSPS) is 10.9. The van der Waals surface area contributed by atoms with Gasteiger partial charge in [0.25, 0.3) is 0 Å². The molecule has 2 aromatic heterocycles. The third kappa shape index (κ3) is 2.25. The van der Waals surface area contributed by atoms with Gasteiger partial charge in [0.05, 0.1) is 5.52 Å². The van der Waals surface area contributed by atoms with E-state index < -0.39 is 5.82 Å². The quantitative estimate of drug-likeness (QED) is 0.633. The van der Waals surface area contributed by atoms with Crippen LogP contribution in [0.3, 0.4) is 0 Å². The van der Waals surface area contributed by atoms with E-state index in [0.717, 1.165) is 10.9 Å². The van der Waals surface area contributed by atoms with E-state index in [-0.39, 0.29) is 16.1 Å². The Labute approximate surface area is 118 Å². The van der Waals surface area contributed by atoms with Gasteiger partial charge in [-0.2, -0.15) is 0 Å². The van der Waals surface area contributed by atoms with Gasteiger partial charge in [-0.25, -0.2) is 19.3 Å². The highest BCUT2D eigenvalue weighted by Crippen LogP contribution is 2.24. The monoisotopic (exact) mass is 293 g/mol. The summed E-state index contributed by atoms with van der Waals surface area (Å²) in [5, 5.41) is 0.362. The SMILES string of the molecule is Fc1c(Cl)nc(-c2ccc3ccccc3n2)nc1Cl. The van der Waals surface area contributed by atoms with Crippen LogP contribution < -0.4 is 0 Å². The molecule has 0 radical (unpaired) electrons. The average Bonchev–Trinajstić information content (AvgIpc) is 2.43. The lowest BCUT2D eigenvalue weighted by atomic mass is 10.2. The number of para-hydroxylation sites is 1. The molecule has 19 heavy (non-hydrogen) atoms. The van der Waals surface area contributed by atoms with Gasteiger partial charge in [-0.3, -0.25) is 0 Å². The predicted octanol–water partition coefficient (Wildman–Crippen LogP) is 4.14. The molecule has 3 rings (SSSR count). The Bertz CT molecular complexity index is 754. The van der Waals surface area contributed by atoms with Crippen molar-refractivity contribution in [1.29, 1.82) is 0 Å². The summed E-state index contributed by atoms with van der Waals surface area (Å²) in [6.07, 6.45) is 0. The van der Waals surface area contributed by atoms with Crippen LogP contribution in [0.1, 0.15) is 0 Å². The number of benzene rings is 1. The predicted molar refractivity (Wildman–Crippen MR) is 72.7 cm³/mol. The standard InChI is InChI=1S/C13H6Cl2FN3/c14-11-10(16)12(15)19-13(18-11)9-6-5-7-3-1-2-4-8(7)17-9/h1-6H. The minimum atomic E-state index is -0.826. The molecule has 0 fully saturated rings. The minimum absolute atomic E-state index is 0.196. The van der Waals surface area contributed by atoms with Crippen LogP contribution in [-0.2, 0) is 0 Å².